The van der Waals surface area contributed by atoms with Crippen LogP contribution in [0.2, 0.25) is 0 Å². The molecule has 0 aliphatic carbocycles. The smallest absolute Gasteiger partial charge is 0.254 e. The van der Waals surface area contributed by atoms with Gasteiger partial charge in [0.05, 0.1) is 6.26 Å². The van der Waals surface area contributed by atoms with Crippen molar-refractivity contribution < 1.29 is 35.9 Å². The Labute approximate surface area is 200 Å². The molecule has 0 heterocycles. The van der Waals surface area contributed by atoms with Crippen LogP contribution in [0.1, 0.15) is 15.9 Å². The molecule has 2 amide bonds. The monoisotopic (exact) mass is 506 g/mol. The minimum Gasteiger partial charge on any atom is -0.489 e. The number of sulfonamides is 1. The van der Waals surface area contributed by atoms with Crippen LogP contribution in [0.25, 0.3) is 11.1 Å². The average Bonchev–Trinajstić information content (AvgIpc) is 2.79. The highest BCUT2D eigenvalue weighted by atomic mass is 32.2. The Kier molecular flexibility index (Phi) is 7.80. The van der Waals surface area contributed by atoms with E-state index in [4.69, 9.17) is 4.74 Å². The second kappa shape index (κ2) is 10.6. The van der Waals surface area contributed by atoms with Gasteiger partial charge in [-0.1, -0.05) is 24.3 Å². The number of carbonyl (C=O) groups excluding carboxylic acids is 2. The standard InChI is InChI=1S/C24H21F3N2O5S/c1-29(13-23(30)28-35(2,32)33)24(31)17-5-3-4-15(10-17)14-34-18-8-6-16(7-9-18)19-11-21(26)22(27)12-20(19)25/h3-12H,13-14H2,1-2H3,(H,28,30). The van der Waals surface area contributed by atoms with Crippen LogP contribution in [0, 0.1) is 17.5 Å². The van der Waals surface area contributed by atoms with Gasteiger partial charge in [-0.2, -0.15) is 0 Å². The fourth-order valence-electron chi connectivity index (χ4n) is 3.18. The molecule has 0 saturated heterocycles. The molecule has 3 rings (SSSR count). The van der Waals surface area contributed by atoms with Gasteiger partial charge in [-0.15, -0.1) is 0 Å². The van der Waals surface area contributed by atoms with Gasteiger partial charge in [0.25, 0.3) is 11.8 Å². The predicted octanol–water partition coefficient (Wildman–Crippen LogP) is 3.50. The first-order valence-corrected chi connectivity index (χ1v) is 12.0. The lowest BCUT2D eigenvalue weighted by Crippen LogP contribution is -2.40. The van der Waals surface area contributed by atoms with E-state index in [1.807, 2.05) is 0 Å². The molecule has 0 bridgehead atoms. The first-order valence-electron chi connectivity index (χ1n) is 10.2. The van der Waals surface area contributed by atoms with Crippen molar-refractivity contribution >= 4 is 21.8 Å². The highest BCUT2D eigenvalue weighted by Gasteiger charge is 2.17. The van der Waals surface area contributed by atoms with Crippen LogP contribution in [-0.2, 0) is 21.4 Å². The molecule has 0 aromatic heterocycles. The van der Waals surface area contributed by atoms with E-state index in [9.17, 15) is 31.2 Å². The van der Waals surface area contributed by atoms with Gasteiger partial charge in [0.2, 0.25) is 10.0 Å². The van der Waals surface area contributed by atoms with Gasteiger partial charge in [0.15, 0.2) is 11.6 Å². The van der Waals surface area contributed by atoms with E-state index < -0.39 is 45.8 Å². The van der Waals surface area contributed by atoms with Crippen LogP contribution in [-0.4, -0.2) is 45.0 Å². The van der Waals surface area contributed by atoms with Crippen molar-refractivity contribution in [3.05, 3.63) is 89.2 Å². The number of hydrogen-bond donors (Lipinski definition) is 1. The van der Waals surface area contributed by atoms with Crippen LogP contribution >= 0.6 is 0 Å². The molecule has 0 fully saturated rings. The number of benzene rings is 3. The number of carbonyl (C=O) groups is 2. The molecule has 0 aliphatic rings. The molecule has 1 N–H and O–H groups in total. The molecule has 11 heteroatoms. The minimum atomic E-state index is -3.73. The van der Waals surface area contributed by atoms with Crippen molar-refractivity contribution in [1.29, 1.82) is 0 Å². The lowest BCUT2D eigenvalue weighted by Gasteiger charge is -2.17. The number of halogens is 3. The maximum absolute atomic E-state index is 14.0. The number of hydrogen-bond acceptors (Lipinski definition) is 5. The first-order chi connectivity index (χ1) is 16.4. The summed E-state index contributed by atoms with van der Waals surface area (Å²) in [5, 5.41) is 0. The Morgan fingerprint density at radius 1 is 0.943 bits per heavy atom. The van der Waals surface area contributed by atoms with Gasteiger partial charge in [0.1, 0.15) is 24.7 Å². The minimum absolute atomic E-state index is 0.0816. The van der Waals surface area contributed by atoms with Crippen molar-refractivity contribution in [1.82, 2.24) is 9.62 Å². The second-order valence-corrected chi connectivity index (χ2v) is 9.47. The number of likely N-dealkylation sites (N-methyl/N-ethyl adjacent to an activating group) is 1. The van der Waals surface area contributed by atoms with Crippen molar-refractivity contribution in [2.75, 3.05) is 19.8 Å². The van der Waals surface area contributed by atoms with Gasteiger partial charge in [-0.25, -0.2) is 21.6 Å². The normalized spacial score (nSPS) is 11.1. The van der Waals surface area contributed by atoms with E-state index >= 15 is 0 Å². The van der Waals surface area contributed by atoms with Gasteiger partial charge in [-0.3, -0.25) is 14.3 Å². The number of nitrogens with one attached hydrogen (secondary N) is 1. The number of amides is 2. The van der Waals surface area contributed by atoms with Crippen molar-refractivity contribution in [3.8, 4) is 16.9 Å². The van der Waals surface area contributed by atoms with Crippen LogP contribution in [0.15, 0.2) is 60.7 Å². The van der Waals surface area contributed by atoms with E-state index in [0.717, 1.165) is 17.2 Å². The molecular weight excluding hydrogens is 485 g/mol. The molecule has 184 valence electrons. The van der Waals surface area contributed by atoms with Crippen molar-refractivity contribution in [2.45, 2.75) is 6.61 Å². The molecule has 0 saturated carbocycles. The molecule has 0 spiro atoms. The first kappa shape index (κ1) is 25.8. The topological polar surface area (TPSA) is 92.8 Å². The summed E-state index contributed by atoms with van der Waals surface area (Å²) in [6.07, 6.45) is 0.838. The third-order valence-electron chi connectivity index (χ3n) is 4.78. The van der Waals surface area contributed by atoms with Gasteiger partial charge < -0.3 is 9.64 Å². The molecule has 0 unspecified atom stereocenters. The average molecular weight is 507 g/mol. The summed E-state index contributed by atoms with van der Waals surface area (Å²) >= 11 is 0. The number of rotatable bonds is 8. The predicted molar refractivity (Wildman–Crippen MR) is 122 cm³/mol. The van der Waals surface area contributed by atoms with Gasteiger partial charge in [-0.05, 0) is 41.5 Å². The molecule has 0 aliphatic heterocycles. The summed E-state index contributed by atoms with van der Waals surface area (Å²) in [4.78, 5) is 25.4. The van der Waals surface area contributed by atoms with E-state index in [0.29, 0.717) is 22.9 Å². The Bertz CT molecular complexity index is 1360. The SMILES string of the molecule is CN(CC(=O)NS(C)(=O)=O)C(=O)c1cccc(COc2ccc(-c3cc(F)c(F)cc3F)cc2)c1. The lowest BCUT2D eigenvalue weighted by molar-refractivity contribution is -0.119. The molecule has 3 aromatic carbocycles. The molecule has 35 heavy (non-hydrogen) atoms. The summed E-state index contributed by atoms with van der Waals surface area (Å²) in [5.74, 6) is -4.23. The molecule has 7 nitrogen and oxygen atoms in total. The Balaban J connectivity index is 1.63. The number of ether oxygens (including phenoxy) is 1. The Morgan fingerprint density at radius 3 is 2.26 bits per heavy atom. The Morgan fingerprint density at radius 2 is 1.60 bits per heavy atom. The van der Waals surface area contributed by atoms with Crippen LogP contribution in [0.4, 0.5) is 13.2 Å². The van der Waals surface area contributed by atoms with Gasteiger partial charge >= 0.3 is 0 Å². The summed E-state index contributed by atoms with van der Waals surface area (Å²) in [7, 11) is -2.36. The van der Waals surface area contributed by atoms with E-state index in [-0.39, 0.29) is 17.7 Å². The Hall–Kier alpha value is -3.86. The zero-order chi connectivity index (χ0) is 25.8. The van der Waals surface area contributed by atoms with Crippen LogP contribution < -0.4 is 9.46 Å². The second-order valence-electron chi connectivity index (χ2n) is 7.72. The van der Waals surface area contributed by atoms with E-state index in [1.165, 1.54) is 19.2 Å². The fraction of sp³-hybridized carbons (Fsp3) is 0.167. The highest BCUT2D eigenvalue weighted by Crippen LogP contribution is 2.27. The zero-order valence-corrected chi connectivity index (χ0v) is 19.5. The fourth-order valence-corrected chi connectivity index (χ4v) is 3.66. The molecular formula is C24H21F3N2O5S. The quantitative estimate of drug-likeness (QED) is 0.472. The summed E-state index contributed by atoms with van der Waals surface area (Å²) in [6, 6.07) is 13.8. The largest absolute Gasteiger partial charge is 0.489 e. The number of nitrogens with zero attached hydrogens (tertiary/aromatic N) is 1. The third kappa shape index (κ3) is 7.06. The zero-order valence-electron chi connectivity index (χ0n) is 18.7. The van der Waals surface area contributed by atoms with Crippen molar-refractivity contribution in [2.24, 2.45) is 0 Å². The van der Waals surface area contributed by atoms with E-state index in [1.54, 1.807) is 41.1 Å². The van der Waals surface area contributed by atoms with Crippen LogP contribution in [0.5, 0.6) is 5.75 Å². The highest BCUT2D eigenvalue weighted by molar-refractivity contribution is 7.89. The van der Waals surface area contributed by atoms with Crippen LogP contribution in [0.3, 0.4) is 0 Å². The van der Waals surface area contributed by atoms with Gasteiger partial charge in [0, 0.05) is 24.2 Å². The summed E-state index contributed by atoms with van der Waals surface area (Å²) < 4.78 is 70.3. The summed E-state index contributed by atoms with van der Waals surface area (Å²) in [6.45, 7) is -0.365. The van der Waals surface area contributed by atoms with Crippen molar-refractivity contribution in [3.63, 3.8) is 0 Å². The molecule has 3 aromatic rings. The molecule has 0 radical (unpaired) electrons. The summed E-state index contributed by atoms with van der Waals surface area (Å²) in [5.41, 5.74) is 1.16. The van der Waals surface area contributed by atoms with E-state index in [2.05, 4.69) is 0 Å². The maximum atomic E-state index is 14.0. The maximum Gasteiger partial charge on any atom is 0.254 e. The molecule has 0 atom stereocenters. The lowest BCUT2D eigenvalue weighted by atomic mass is 10.0. The third-order valence-corrected chi connectivity index (χ3v) is 5.38.